The van der Waals surface area contributed by atoms with Crippen LogP contribution in [0.25, 0.3) is 0 Å². The maximum atomic E-state index is 6.19. The molecule has 17 heavy (non-hydrogen) atoms. The molecule has 1 aromatic rings. The second-order valence-electron chi connectivity index (χ2n) is 5.52. The van der Waals surface area contributed by atoms with Crippen molar-refractivity contribution in [2.45, 2.75) is 38.1 Å². The molecule has 4 unspecified atom stereocenters. The highest BCUT2D eigenvalue weighted by Crippen LogP contribution is 2.51. The minimum Gasteiger partial charge on any atom is -0.271 e. The third-order valence-corrected chi connectivity index (χ3v) is 6.06. The van der Waals surface area contributed by atoms with E-state index in [-0.39, 0.29) is 6.04 Å². The number of halogens is 1. The maximum Gasteiger partial charge on any atom is 0.0571 e. The molecule has 2 saturated carbocycles. The first-order valence-corrected chi connectivity index (χ1v) is 7.72. The average molecular weight is 271 g/mol. The second-order valence-corrected chi connectivity index (χ2v) is 6.88. The fourth-order valence-corrected chi connectivity index (χ4v) is 5.04. The lowest BCUT2D eigenvalue weighted by Crippen LogP contribution is -2.30. The Balaban J connectivity index is 1.69. The van der Waals surface area contributed by atoms with Gasteiger partial charge in [-0.2, -0.15) is 0 Å². The molecule has 0 spiro atoms. The average Bonchev–Trinajstić information content (AvgIpc) is 3.02. The minimum atomic E-state index is 0.242. The number of thiophene rings is 1. The van der Waals surface area contributed by atoms with Gasteiger partial charge in [0.25, 0.3) is 0 Å². The highest BCUT2D eigenvalue weighted by Gasteiger charge is 2.40. The zero-order valence-corrected chi connectivity index (χ0v) is 11.4. The van der Waals surface area contributed by atoms with E-state index in [0.717, 1.165) is 29.2 Å². The van der Waals surface area contributed by atoms with Crippen molar-refractivity contribution in [2.75, 3.05) is 0 Å². The number of hydrogen-bond donors (Lipinski definition) is 2. The normalized spacial score (nSPS) is 33.2. The van der Waals surface area contributed by atoms with Gasteiger partial charge in [-0.25, -0.2) is 0 Å². The summed E-state index contributed by atoms with van der Waals surface area (Å²) in [5.41, 5.74) is 2.96. The molecular weight excluding hydrogens is 252 g/mol. The lowest BCUT2D eigenvalue weighted by Gasteiger charge is -2.26. The second kappa shape index (κ2) is 4.88. The van der Waals surface area contributed by atoms with Crippen molar-refractivity contribution in [1.82, 2.24) is 5.43 Å². The number of nitrogens with one attached hydrogen (secondary N) is 1. The fourth-order valence-electron chi connectivity index (χ4n) is 3.77. The molecule has 1 aromatic heterocycles. The number of hydrogen-bond acceptors (Lipinski definition) is 3. The maximum absolute atomic E-state index is 6.19. The van der Waals surface area contributed by atoms with Gasteiger partial charge in [-0.3, -0.25) is 11.3 Å². The van der Waals surface area contributed by atoms with Crippen LogP contribution in [0.4, 0.5) is 0 Å². The van der Waals surface area contributed by atoms with Gasteiger partial charge in [0, 0.05) is 4.88 Å². The van der Waals surface area contributed by atoms with Crippen molar-refractivity contribution in [3.05, 3.63) is 21.3 Å². The summed E-state index contributed by atoms with van der Waals surface area (Å²) >= 11 is 7.90. The summed E-state index contributed by atoms with van der Waals surface area (Å²) in [6, 6.07) is 2.21. The molecule has 0 radical (unpaired) electrons. The van der Waals surface area contributed by atoms with Crippen LogP contribution in [0.2, 0.25) is 5.02 Å². The molecule has 3 N–H and O–H groups in total. The predicted octanol–water partition coefficient (Wildman–Crippen LogP) is 3.73. The van der Waals surface area contributed by atoms with E-state index >= 15 is 0 Å². The Labute approximate surface area is 112 Å². The molecule has 0 aliphatic heterocycles. The summed E-state index contributed by atoms with van der Waals surface area (Å²) in [6.07, 6.45) is 6.91. The Hall–Kier alpha value is -0.0900. The molecule has 0 amide bonds. The zero-order chi connectivity index (χ0) is 11.8. The van der Waals surface area contributed by atoms with E-state index in [9.17, 15) is 0 Å². The number of rotatable bonds is 4. The van der Waals surface area contributed by atoms with Gasteiger partial charge in [-0.1, -0.05) is 18.0 Å². The standard InChI is InChI=1S/C13H19ClN2S/c14-11-3-4-17-13(11)12(16-15)7-10-6-8-1-2-9(10)5-8/h3-4,8-10,12,16H,1-2,5-7,15H2. The van der Waals surface area contributed by atoms with Crippen LogP contribution in [0.3, 0.4) is 0 Å². The van der Waals surface area contributed by atoms with Crippen molar-refractivity contribution in [3.8, 4) is 0 Å². The molecule has 3 rings (SSSR count). The lowest BCUT2D eigenvalue weighted by molar-refractivity contribution is 0.281. The van der Waals surface area contributed by atoms with E-state index in [1.54, 1.807) is 11.3 Å². The minimum absolute atomic E-state index is 0.242. The monoisotopic (exact) mass is 270 g/mol. The van der Waals surface area contributed by atoms with E-state index in [1.807, 2.05) is 11.4 Å². The van der Waals surface area contributed by atoms with Gasteiger partial charge >= 0.3 is 0 Å². The van der Waals surface area contributed by atoms with Gasteiger partial charge in [0.2, 0.25) is 0 Å². The van der Waals surface area contributed by atoms with Crippen LogP contribution in [-0.2, 0) is 0 Å². The number of nitrogens with two attached hydrogens (primary N) is 1. The largest absolute Gasteiger partial charge is 0.271 e. The Morgan fingerprint density at radius 1 is 1.47 bits per heavy atom. The van der Waals surface area contributed by atoms with E-state index in [4.69, 9.17) is 17.4 Å². The lowest BCUT2D eigenvalue weighted by atomic mass is 9.84. The Morgan fingerprint density at radius 2 is 2.35 bits per heavy atom. The van der Waals surface area contributed by atoms with Crippen LogP contribution in [0.1, 0.15) is 43.0 Å². The smallest absolute Gasteiger partial charge is 0.0571 e. The molecule has 4 atom stereocenters. The molecule has 4 heteroatoms. The van der Waals surface area contributed by atoms with E-state index in [0.29, 0.717) is 0 Å². The molecule has 2 bridgehead atoms. The molecule has 2 fully saturated rings. The van der Waals surface area contributed by atoms with Gasteiger partial charge < -0.3 is 0 Å². The predicted molar refractivity (Wildman–Crippen MR) is 72.9 cm³/mol. The number of fused-ring (bicyclic) bond motifs is 2. The fraction of sp³-hybridized carbons (Fsp3) is 0.692. The van der Waals surface area contributed by atoms with Crippen molar-refractivity contribution >= 4 is 22.9 Å². The Bertz CT molecular complexity index is 393. The van der Waals surface area contributed by atoms with Gasteiger partial charge in [0.05, 0.1) is 11.1 Å². The van der Waals surface area contributed by atoms with Crippen LogP contribution in [0, 0.1) is 17.8 Å². The first-order valence-electron chi connectivity index (χ1n) is 6.47. The van der Waals surface area contributed by atoms with Gasteiger partial charge in [0.15, 0.2) is 0 Å². The van der Waals surface area contributed by atoms with Gasteiger partial charge in [0.1, 0.15) is 0 Å². The zero-order valence-electron chi connectivity index (χ0n) is 9.86. The summed E-state index contributed by atoms with van der Waals surface area (Å²) in [4.78, 5) is 1.21. The first kappa shape index (κ1) is 12.0. The molecule has 94 valence electrons. The molecule has 2 aliphatic carbocycles. The number of hydrazine groups is 1. The summed E-state index contributed by atoms with van der Waals surface area (Å²) in [7, 11) is 0. The summed E-state index contributed by atoms with van der Waals surface area (Å²) in [5, 5.41) is 2.91. The molecule has 0 aromatic carbocycles. The van der Waals surface area contributed by atoms with Crippen LogP contribution in [-0.4, -0.2) is 0 Å². The third kappa shape index (κ3) is 2.26. The summed E-state index contributed by atoms with van der Waals surface area (Å²) < 4.78 is 0. The van der Waals surface area contributed by atoms with Crippen molar-refractivity contribution < 1.29 is 0 Å². The van der Waals surface area contributed by atoms with E-state index < -0.39 is 0 Å². The topological polar surface area (TPSA) is 38.0 Å². The highest BCUT2D eigenvalue weighted by atomic mass is 35.5. The summed E-state index contributed by atoms with van der Waals surface area (Å²) in [6.45, 7) is 0. The van der Waals surface area contributed by atoms with E-state index in [2.05, 4.69) is 5.43 Å². The Morgan fingerprint density at radius 3 is 2.88 bits per heavy atom. The molecular formula is C13H19ClN2S. The summed E-state index contributed by atoms with van der Waals surface area (Å²) in [5.74, 6) is 8.52. The van der Waals surface area contributed by atoms with Crippen LogP contribution in [0.5, 0.6) is 0 Å². The van der Waals surface area contributed by atoms with Crippen LogP contribution >= 0.6 is 22.9 Å². The van der Waals surface area contributed by atoms with Crippen molar-refractivity contribution in [3.63, 3.8) is 0 Å². The Kier molecular flexibility index (Phi) is 3.44. The van der Waals surface area contributed by atoms with Crippen LogP contribution < -0.4 is 11.3 Å². The van der Waals surface area contributed by atoms with Crippen LogP contribution in [0.15, 0.2) is 11.4 Å². The van der Waals surface area contributed by atoms with E-state index in [1.165, 1.54) is 30.6 Å². The van der Waals surface area contributed by atoms with Gasteiger partial charge in [-0.15, -0.1) is 11.3 Å². The third-order valence-electron chi connectivity index (χ3n) is 4.59. The molecule has 2 aliphatic rings. The molecule has 1 heterocycles. The van der Waals surface area contributed by atoms with Gasteiger partial charge in [-0.05, 0) is 54.9 Å². The highest BCUT2D eigenvalue weighted by molar-refractivity contribution is 7.10. The van der Waals surface area contributed by atoms with Crippen molar-refractivity contribution in [1.29, 1.82) is 0 Å². The molecule has 0 saturated heterocycles. The quantitative estimate of drug-likeness (QED) is 0.646. The SMILES string of the molecule is NNC(CC1CC2CCC1C2)c1sccc1Cl. The first-order chi connectivity index (χ1) is 8.28. The van der Waals surface area contributed by atoms with Crippen molar-refractivity contribution in [2.24, 2.45) is 23.6 Å². The molecule has 2 nitrogen and oxygen atoms in total.